The van der Waals surface area contributed by atoms with Crippen LogP contribution in [0.1, 0.15) is 27.7 Å². The van der Waals surface area contributed by atoms with E-state index < -0.39 is 41.8 Å². The van der Waals surface area contributed by atoms with Crippen molar-refractivity contribution in [3.05, 3.63) is 0 Å². The van der Waals surface area contributed by atoms with E-state index >= 15 is 0 Å². The lowest BCUT2D eigenvalue weighted by atomic mass is 9.92. The van der Waals surface area contributed by atoms with E-state index in [2.05, 4.69) is 9.47 Å². The van der Waals surface area contributed by atoms with Gasteiger partial charge >= 0.3 is 11.9 Å². The van der Waals surface area contributed by atoms with Crippen LogP contribution in [-0.2, 0) is 33.3 Å². The van der Waals surface area contributed by atoms with Gasteiger partial charge in [0.25, 0.3) is 5.60 Å². The third kappa shape index (κ3) is 3.58. The zero-order valence-corrected chi connectivity index (χ0v) is 12.5. The summed E-state index contributed by atoms with van der Waals surface area (Å²) in [6.45, 7) is 5.41. The van der Waals surface area contributed by atoms with Crippen molar-refractivity contribution in [3.8, 4) is 0 Å². The highest BCUT2D eigenvalue weighted by atomic mass is 16.7. The van der Waals surface area contributed by atoms with Crippen molar-refractivity contribution in [1.29, 1.82) is 0 Å². The minimum absolute atomic E-state index is 0.0820. The Morgan fingerprint density at radius 2 is 1.76 bits per heavy atom. The van der Waals surface area contributed by atoms with Crippen molar-refractivity contribution < 1.29 is 38.4 Å². The fraction of sp³-hybridized carbons (Fsp3) is 0.769. The van der Waals surface area contributed by atoms with E-state index in [1.165, 1.54) is 27.7 Å². The van der Waals surface area contributed by atoms with Gasteiger partial charge in [-0.05, 0) is 27.7 Å². The molecule has 1 aliphatic rings. The van der Waals surface area contributed by atoms with Crippen molar-refractivity contribution in [2.45, 2.75) is 45.2 Å². The molecule has 0 saturated carbocycles. The van der Waals surface area contributed by atoms with E-state index in [1.807, 2.05) is 0 Å². The molecular formula is C13H20O8. The van der Waals surface area contributed by atoms with Gasteiger partial charge in [-0.3, -0.25) is 4.79 Å². The van der Waals surface area contributed by atoms with Crippen LogP contribution in [0, 0.1) is 0 Å². The van der Waals surface area contributed by atoms with Gasteiger partial charge in [-0.15, -0.1) is 0 Å². The maximum absolute atomic E-state index is 12.0. The van der Waals surface area contributed by atoms with E-state index in [9.17, 15) is 19.5 Å². The molecule has 1 aliphatic heterocycles. The third-order valence-corrected chi connectivity index (χ3v) is 2.81. The Morgan fingerprint density at radius 3 is 2.19 bits per heavy atom. The van der Waals surface area contributed by atoms with E-state index in [-0.39, 0.29) is 13.2 Å². The second-order valence-corrected chi connectivity index (χ2v) is 4.86. The maximum atomic E-state index is 12.0. The SMILES string of the molecule is CCOC(=O)C(O)(C(=O)OCC)[C@@H]1OC(C)(C)OCC1=O. The van der Waals surface area contributed by atoms with Crippen molar-refractivity contribution in [3.63, 3.8) is 0 Å². The molecule has 0 radical (unpaired) electrons. The van der Waals surface area contributed by atoms with E-state index in [4.69, 9.17) is 9.47 Å². The number of ketones is 1. The van der Waals surface area contributed by atoms with Gasteiger partial charge in [0.05, 0.1) is 13.2 Å². The van der Waals surface area contributed by atoms with Gasteiger partial charge in [-0.1, -0.05) is 0 Å². The smallest absolute Gasteiger partial charge is 0.353 e. The Labute approximate surface area is 122 Å². The van der Waals surface area contributed by atoms with E-state index in [0.29, 0.717) is 0 Å². The molecular weight excluding hydrogens is 284 g/mol. The summed E-state index contributed by atoms with van der Waals surface area (Å²) in [5, 5.41) is 10.5. The summed E-state index contributed by atoms with van der Waals surface area (Å²) in [7, 11) is 0. The maximum Gasteiger partial charge on any atom is 0.353 e. The summed E-state index contributed by atoms with van der Waals surface area (Å²) >= 11 is 0. The van der Waals surface area contributed by atoms with Gasteiger partial charge in [0.1, 0.15) is 6.61 Å². The van der Waals surface area contributed by atoms with Crippen LogP contribution in [0.5, 0.6) is 0 Å². The zero-order chi connectivity index (χ0) is 16.3. The number of hydrogen-bond donors (Lipinski definition) is 1. The van der Waals surface area contributed by atoms with Gasteiger partial charge in [-0.25, -0.2) is 9.59 Å². The predicted molar refractivity (Wildman–Crippen MR) is 68.1 cm³/mol. The number of esters is 2. The summed E-state index contributed by atoms with van der Waals surface area (Å²) in [6, 6.07) is 0. The molecule has 0 unspecified atom stereocenters. The van der Waals surface area contributed by atoms with Crippen LogP contribution in [0.4, 0.5) is 0 Å². The molecule has 0 spiro atoms. The second kappa shape index (κ2) is 6.50. The lowest BCUT2D eigenvalue weighted by molar-refractivity contribution is -0.283. The Bertz CT molecular complexity index is 410. The van der Waals surface area contributed by atoms with Crippen molar-refractivity contribution in [1.82, 2.24) is 0 Å². The first-order valence-electron chi connectivity index (χ1n) is 6.60. The highest BCUT2D eigenvalue weighted by molar-refractivity contribution is 6.09. The van der Waals surface area contributed by atoms with Gasteiger partial charge in [0.15, 0.2) is 17.7 Å². The second-order valence-electron chi connectivity index (χ2n) is 4.86. The zero-order valence-electron chi connectivity index (χ0n) is 12.5. The molecule has 0 amide bonds. The first kappa shape index (κ1) is 17.5. The number of ether oxygens (including phenoxy) is 4. The number of hydrogen-bond acceptors (Lipinski definition) is 8. The minimum atomic E-state index is -2.86. The molecule has 1 fully saturated rings. The van der Waals surface area contributed by atoms with Crippen LogP contribution in [-0.4, -0.2) is 60.1 Å². The molecule has 0 aliphatic carbocycles. The highest BCUT2D eigenvalue weighted by Gasteiger charge is 2.60. The fourth-order valence-corrected chi connectivity index (χ4v) is 1.80. The van der Waals surface area contributed by atoms with Gasteiger partial charge in [0.2, 0.25) is 0 Å². The van der Waals surface area contributed by atoms with Crippen LogP contribution < -0.4 is 0 Å². The largest absolute Gasteiger partial charge is 0.463 e. The van der Waals surface area contributed by atoms with Gasteiger partial charge in [-0.2, -0.15) is 0 Å². The summed E-state index contributed by atoms with van der Waals surface area (Å²) < 4.78 is 19.7. The van der Waals surface area contributed by atoms with Crippen molar-refractivity contribution in [2.75, 3.05) is 19.8 Å². The Balaban J connectivity index is 3.18. The van der Waals surface area contributed by atoms with Gasteiger partial charge < -0.3 is 24.1 Å². The lowest BCUT2D eigenvalue weighted by Gasteiger charge is -2.39. The molecule has 1 atom stereocenters. The first-order valence-corrected chi connectivity index (χ1v) is 6.60. The first-order chi connectivity index (χ1) is 9.69. The molecule has 0 bridgehead atoms. The van der Waals surface area contributed by atoms with Gasteiger partial charge in [0, 0.05) is 0 Å². The molecule has 8 nitrogen and oxygen atoms in total. The Morgan fingerprint density at radius 1 is 1.29 bits per heavy atom. The monoisotopic (exact) mass is 304 g/mol. The number of rotatable bonds is 5. The van der Waals surface area contributed by atoms with Crippen LogP contribution >= 0.6 is 0 Å². The molecule has 0 aromatic carbocycles. The Hall–Kier alpha value is -1.51. The Kier molecular flexibility index (Phi) is 5.43. The molecule has 0 aromatic heterocycles. The minimum Gasteiger partial charge on any atom is -0.463 e. The van der Waals surface area contributed by atoms with E-state index in [0.717, 1.165) is 0 Å². The predicted octanol–water partition coefficient (Wildman–Crippen LogP) is -0.436. The van der Waals surface area contributed by atoms with Crippen molar-refractivity contribution in [2.24, 2.45) is 0 Å². The van der Waals surface area contributed by atoms with Crippen LogP contribution in [0.15, 0.2) is 0 Å². The average molecular weight is 304 g/mol. The normalized spacial score (nSPS) is 21.8. The summed E-state index contributed by atoms with van der Waals surface area (Å²) in [6.07, 6.45) is -1.75. The van der Waals surface area contributed by atoms with E-state index in [1.54, 1.807) is 0 Å². The molecule has 120 valence electrons. The average Bonchev–Trinajstić information content (AvgIpc) is 2.41. The van der Waals surface area contributed by atoms with Crippen LogP contribution in [0.3, 0.4) is 0 Å². The van der Waals surface area contributed by atoms with Crippen molar-refractivity contribution >= 4 is 17.7 Å². The number of carbonyl (C=O) groups excluding carboxylic acids is 3. The number of aliphatic hydroxyl groups is 1. The highest BCUT2D eigenvalue weighted by Crippen LogP contribution is 2.29. The topological polar surface area (TPSA) is 108 Å². The molecule has 8 heteroatoms. The summed E-state index contributed by atoms with van der Waals surface area (Å²) in [5.41, 5.74) is -2.86. The van der Waals surface area contributed by atoms with Crippen LogP contribution in [0.25, 0.3) is 0 Å². The number of carbonyl (C=O) groups is 3. The standard InChI is InChI=1S/C13H20O8/c1-5-18-10(15)13(17,11(16)19-6-2)9-8(14)7-20-12(3,4)21-9/h9,17H,5-7H2,1-4H3/t9-/m1/s1. The molecule has 1 N–H and O–H groups in total. The number of Topliss-reactive ketones (excluding diaryl/α,β-unsaturated/α-hetero) is 1. The molecule has 0 aromatic rings. The summed E-state index contributed by atoms with van der Waals surface area (Å²) in [4.78, 5) is 35.9. The molecule has 1 heterocycles. The molecule has 1 rings (SSSR count). The lowest BCUT2D eigenvalue weighted by Crippen LogP contribution is -2.65. The van der Waals surface area contributed by atoms with Crippen LogP contribution in [0.2, 0.25) is 0 Å². The summed E-state index contributed by atoms with van der Waals surface area (Å²) in [5.74, 6) is -4.58. The fourth-order valence-electron chi connectivity index (χ4n) is 1.80. The third-order valence-electron chi connectivity index (χ3n) is 2.81. The molecule has 1 saturated heterocycles. The quantitative estimate of drug-likeness (QED) is 0.538. The molecule has 21 heavy (non-hydrogen) atoms.